The molecule has 278 valence electrons. The molecular weight excluding hydrogens is 743 g/mol. The maximum absolute atomic E-state index is 7.33. The van der Waals surface area contributed by atoms with Crippen LogP contribution in [0.4, 0.5) is 0 Å². The maximum atomic E-state index is 7.33. The summed E-state index contributed by atoms with van der Waals surface area (Å²) >= 11 is 1.76. The van der Waals surface area contributed by atoms with Crippen LogP contribution in [0.15, 0.2) is 195 Å². The minimum absolute atomic E-state index is 0.348. The zero-order valence-electron chi connectivity index (χ0n) is 31.6. The van der Waals surface area contributed by atoms with Crippen LogP contribution in [0.1, 0.15) is 16.7 Å². The van der Waals surface area contributed by atoms with Crippen molar-refractivity contribution in [3.63, 3.8) is 0 Å². The summed E-state index contributed by atoms with van der Waals surface area (Å²) in [5.74, 6) is 0.919. The monoisotopic (exact) mass is 775 g/mol. The highest BCUT2D eigenvalue weighted by Gasteiger charge is 2.21. The Morgan fingerprint density at radius 3 is 2.03 bits per heavy atom. The Balaban J connectivity index is 1.10. The predicted molar refractivity (Wildman–Crippen MR) is 248 cm³/mol. The van der Waals surface area contributed by atoms with Gasteiger partial charge in [-0.15, -0.1) is 11.3 Å². The third kappa shape index (κ3) is 5.38. The maximum Gasteiger partial charge on any atom is 0.158 e. The number of hydrogen-bond donors (Lipinski definition) is 1. The van der Waals surface area contributed by atoms with Crippen LogP contribution in [0.25, 0.3) is 96.7 Å². The molecule has 0 bridgehead atoms. The van der Waals surface area contributed by atoms with Crippen molar-refractivity contribution in [1.29, 1.82) is 0 Å². The first-order valence-corrected chi connectivity index (χ1v) is 20.5. The molecule has 0 aliphatic carbocycles. The molecule has 3 heterocycles. The SMILES string of the molecule is N/C(=N\C(=N/Cc1cc2ccccc2c2ccccc12)c1cccc2c1sc1ccccc12)c1cc(-c2cccc3c2oc2ccccc23)cc2oc3ccccc3c12. The quantitative estimate of drug-likeness (QED) is 0.107. The minimum Gasteiger partial charge on any atom is -0.456 e. The van der Waals surface area contributed by atoms with Crippen LogP contribution >= 0.6 is 11.3 Å². The third-order valence-electron chi connectivity index (χ3n) is 11.6. The molecule has 0 saturated carbocycles. The smallest absolute Gasteiger partial charge is 0.158 e. The number of benzene rings is 9. The van der Waals surface area contributed by atoms with Gasteiger partial charge < -0.3 is 14.6 Å². The van der Waals surface area contributed by atoms with E-state index in [0.29, 0.717) is 18.2 Å². The van der Waals surface area contributed by atoms with Gasteiger partial charge in [-0.3, -0.25) is 4.99 Å². The summed E-state index contributed by atoms with van der Waals surface area (Å²) < 4.78 is 15.4. The normalized spacial score (nSPS) is 12.7. The fraction of sp³-hybridized carbons (Fsp3) is 0.0189. The molecule has 59 heavy (non-hydrogen) atoms. The second-order valence-corrected chi connectivity index (χ2v) is 16.0. The van der Waals surface area contributed by atoms with Crippen LogP contribution in [0.3, 0.4) is 0 Å². The van der Waals surface area contributed by atoms with Gasteiger partial charge in [-0.2, -0.15) is 0 Å². The lowest BCUT2D eigenvalue weighted by atomic mass is 9.96. The molecule has 0 saturated heterocycles. The number of hydrogen-bond acceptors (Lipinski definition) is 4. The molecular formula is C53H33N3O2S. The largest absolute Gasteiger partial charge is 0.456 e. The number of para-hydroxylation sites is 3. The van der Waals surface area contributed by atoms with E-state index in [9.17, 15) is 0 Å². The topological polar surface area (TPSA) is 77.0 Å². The van der Waals surface area contributed by atoms with Gasteiger partial charge >= 0.3 is 0 Å². The Morgan fingerprint density at radius 1 is 0.508 bits per heavy atom. The van der Waals surface area contributed by atoms with Crippen LogP contribution in [0, 0.1) is 0 Å². The molecule has 12 aromatic rings. The number of fused-ring (bicyclic) bond motifs is 12. The second-order valence-electron chi connectivity index (χ2n) is 15.0. The van der Waals surface area contributed by atoms with E-state index in [0.717, 1.165) is 76.4 Å². The van der Waals surface area contributed by atoms with Gasteiger partial charge in [0.25, 0.3) is 0 Å². The first-order chi connectivity index (χ1) is 29.2. The summed E-state index contributed by atoms with van der Waals surface area (Å²) in [4.78, 5) is 10.7. The highest BCUT2D eigenvalue weighted by atomic mass is 32.1. The lowest BCUT2D eigenvalue weighted by molar-refractivity contribution is 0.668. The Labute approximate surface area is 342 Å². The van der Waals surface area contributed by atoms with E-state index < -0.39 is 0 Å². The van der Waals surface area contributed by atoms with Gasteiger partial charge in [0.1, 0.15) is 28.2 Å². The first-order valence-electron chi connectivity index (χ1n) is 19.7. The van der Waals surface area contributed by atoms with Gasteiger partial charge in [0.05, 0.1) is 6.54 Å². The summed E-state index contributed by atoms with van der Waals surface area (Å²) in [6, 6.07) is 61.1. The molecule has 2 N–H and O–H groups in total. The lowest BCUT2D eigenvalue weighted by Gasteiger charge is -2.12. The first kappa shape index (κ1) is 33.6. The molecule has 9 aromatic carbocycles. The number of rotatable bonds is 5. The van der Waals surface area contributed by atoms with Crippen molar-refractivity contribution in [3.05, 3.63) is 193 Å². The minimum atomic E-state index is 0.348. The Bertz CT molecular complexity index is 3730. The molecule has 0 aliphatic heterocycles. The Morgan fingerprint density at radius 2 is 1.17 bits per heavy atom. The van der Waals surface area contributed by atoms with Gasteiger partial charge in [0.15, 0.2) is 5.84 Å². The Hall–Kier alpha value is -7.54. The summed E-state index contributed by atoms with van der Waals surface area (Å²) in [6.45, 7) is 0.414. The van der Waals surface area contributed by atoms with Crippen molar-refractivity contribution >= 4 is 109 Å². The van der Waals surface area contributed by atoms with E-state index >= 15 is 0 Å². The standard InChI is InChI=1S/C53H33N3O2S/c54-52(44-28-32(29-47-49(44)42-19-6-9-25-46(42)57-47)36-20-11-21-40-38-17-5-8-24-45(38)58-50(36)40)56-53(43-23-12-22-41-39-18-7-10-26-48(39)59-51(41)43)55-30-33-27-31-13-1-2-14-34(31)37-16-4-3-15-35(33)37/h1-29H,30H2,(H2,54,55,56). The molecule has 12 rings (SSSR count). The highest BCUT2D eigenvalue weighted by Crippen LogP contribution is 2.41. The van der Waals surface area contributed by atoms with Crippen molar-refractivity contribution in [1.82, 2.24) is 0 Å². The van der Waals surface area contributed by atoms with Crippen molar-refractivity contribution in [3.8, 4) is 11.1 Å². The molecule has 0 amide bonds. The fourth-order valence-electron chi connectivity index (χ4n) is 8.89. The van der Waals surface area contributed by atoms with Crippen LogP contribution in [-0.2, 0) is 6.54 Å². The number of amidine groups is 2. The molecule has 0 aliphatic rings. The third-order valence-corrected chi connectivity index (χ3v) is 12.8. The fourth-order valence-corrected chi connectivity index (χ4v) is 10.1. The lowest BCUT2D eigenvalue weighted by Crippen LogP contribution is -2.17. The van der Waals surface area contributed by atoms with Crippen LogP contribution < -0.4 is 5.73 Å². The van der Waals surface area contributed by atoms with Crippen molar-refractivity contribution in [2.45, 2.75) is 6.54 Å². The summed E-state index contributed by atoms with van der Waals surface area (Å²) in [6.07, 6.45) is 0. The summed E-state index contributed by atoms with van der Waals surface area (Å²) in [7, 11) is 0. The van der Waals surface area contributed by atoms with Crippen LogP contribution in [0.5, 0.6) is 0 Å². The van der Waals surface area contributed by atoms with E-state index in [2.05, 4.69) is 140 Å². The molecule has 0 fully saturated rings. The van der Waals surface area contributed by atoms with E-state index in [4.69, 9.17) is 24.6 Å². The Kier molecular flexibility index (Phi) is 7.55. The van der Waals surface area contributed by atoms with E-state index in [1.807, 2.05) is 36.4 Å². The number of thiophene rings is 1. The molecule has 6 heteroatoms. The highest BCUT2D eigenvalue weighted by molar-refractivity contribution is 7.26. The second kappa shape index (κ2) is 13.3. The predicted octanol–water partition coefficient (Wildman–Crippen LogP) is 14.2. The average molecular weight is 776 g/mol. The van der Waals surface area contributed by atoms with Crippen molar-refractivity contribution in [2.75, 3.05) is 0 Å². The van der Waals surface area contributed by atoms with Gasteiger partial charge in [-0.1, -0.05) is 133 Å². The molecule has 3 aromatic heterocycles. The van der Waals surface area contributed by atoms with Gasteiger partial charge in [-0.05, 0) is 75.1 Å². The molecule has 0 radical (unpaired) electrons. The van der Waals surface area contributed by atoms with Gasteiger partial charge in [0.2, 0.25) is 0 Å². The number of furan rings is 2. The summed E-state index contributed by atoms with van der Waals surface area (Å²) in [5.41, 5.74) is 15.2. The average Bonchev–Trinajstić information content (AvgIpc) is 3.99. The molecule has 0 unspecified atom stereocenters. The van der Waals surface area contributed by atoms with E-state index in [-0.39, 0.29) is 0 Å². The zero-order valence-corrected chi connectivity index (χ0v) is 32.5. The van der Waals surface area contributed by atoms with E-state index in [1.54, 1.807) is 11.3 Å². The molecule has 0 spiro atoms. The zero-order chi connectivity index (χ0) is 39.0. The number of nitrogens with zero attached hydrogens (tertiary/aromatic N) is 2. The molecule has 5 nitrogen and oxygen atoms in total. The van der Waals surface area contributed by atoms with Crippen LogP contribution in [0.2, 0.25) is 0 Å². The van der Waals surface area contributed by atoms with Crippen molar-refractivity contribution < 1.29 is 8.83 Å². The number of nitrogens with two attached hydrogens (primary N) is 1. The van der Waals surface area contributed by atoms with E-state index in [1.165, 1.54) is 37.0 Å². The molecule has 0 atom stereocenters. The van der Waals surface area contributed by atoms with Crippen molar-refractivity contribution in [2.24, 2.45) is 15.7 Å². The van der Waals surface area contributed by atoms with Gasteiger partial charge in [0, 0.05) is 58.4 Å². The van der Waals surface area contributed by atoms with Crippen LogP contribution in [-0.4, -0.2) is 11.7 Å². The van der Waals surface area contributed by atoms with Gasteiger partial charge in [-0.25, -0.2) is 4.99 Å². The summed E-state index contributed by atoms with van der Waals surface area (Å²) in [5, 5.41) is 11.2. The number of aliphatic imine (C=N–C) groups is 2.